The molecule has 1 aromatic carbocycles. The Morgan fingerprint density at radius 3 is 2.80 bits per heavy atom. The maximum Gasteiger partial charge on any atom is 0.213 e. The molecule has 0 aliphatic carbocycles. The van der Waals surface area contributed by atoms with Crippen molar-refractivity contribution in [3.8, 4) is 5.88 Å². The summed E-state index contributed by atoms with van der Waals surface area (Å²) >= 11 is 0. The Kier molecular flexibility index (Phi) is 3.02. The van der Waals surface area contributed by atoms with E-state index in [-0.39, 0.29) is 0 Å². The average molecular weight is 268 g/mol. The van der Waals surface area contributed by atoms with E-state index in [0.717, 1.165) is 28.0 Å². The van der Waals surface area contributed by atoms with E-state index in [4.69, 9.17) is 10.5 Å². The third kappa shape index (κ3) is 2.07. The molecule has 2 N–H and O–H groups in total. The number of anilines is 1. The van der Waals surface area contributed by atoms with Crippen LogP contribution in [-0.2, 0) is 6.54 Å². The fourth-order valence-corrected chi connectivity index (χ4v) is 2.39. The van der Waals surface area contributed by atoms with Crippen LogP contribution in [0.4, 0.5) is 5.69 Å². The highest BCUT2D eigenvalue weighted by Gasteiger charge is 2.10. The van der Waals surface area contributed by atoms with Gasteiger partial charge in [-0.2, -0.15) is 5.10 Å². The molecule has 3 rings (SSSR count). The standard InChI is InChI=1S/C15H16N4O/c1-10-15-12(16)6-4-7-13(15)19(18-10)9-11-5-3-8-14(17-11)20-2/h3-8H,9,16H2,1-2H3. The van der Waals surface area contributed by atoms with Gasteiger partial charge in [0.25, 0.3) is 0 Å². The first-order chi connectivity index (χ1) is 9.69. The summed E-state index contributed by atoms with van der Waals surface area (Å²) in [5, 5.41) is 5.57. The van der Waals surface area contributed by atoms with Crippen LogP contribution in [0.3, 0.4) is 0 Å². The lowest BCUT2D eigenvalue weighted by Gasteiger charge is -2.05. The summed E-state index contributed by atoms with van der Waals surface area (Å²) in [6, 6.07) is 11.6. The molecule has 0 aliphatic heterocycles. The molecule has 2 heterocycles. The van der Waals surface area contributed by atoms with Gasteiger partial charge in [0.05, 0.1) is 30.6 Å². The molecule has 0 unspecified atom stereocenters. The van der Waals surface area contributed by atoms with Gasteiger partial charge in [-0.25, -0.2) is 4.98 Å². The number of nitrogens with zero attached hydrogens (tertiary/aromatic N) is 3. The molecule has 0 radical (unpaired) electrons. The van der Waals surface area contributed by atoms with E-state index < -0.39 is 0 Å². The first kappa shape index (κ1) is 12.5. The second kappa shape index (κ2) is 4.85. The Morgan fingerprint density at radius 2 is 2.00 bits per heavy atom. The van der Waals surface area contributed by atoms with Gasteiger partial charge in [0.1, 0.15) is 0 Å². The SMILES string of the molecule is COc1cccc(Cn2nc(C)c3c(N)cccc32)n1. The van der Waals surface area contributed by atoms with Gasteiger partial charge in [0, 0.05) is 17.1 Å². The Labute approximate surface area is 117 Å². The number of nitrogen functional groups attached to an aromatic ring is 1. The first-order valence-electron chi connectivity index (χ1n) is 6.40. The molecule has 3 aromatic rings. The smallest absolute Gasteiger partial charge is 0.213 e. The van der Waals surface area contributed by atoms with Crippen LogP contribution in [0.5, 0.6) is 5.88 Å². The summed E-state index contributed by atoms with van der Waals surface area (Å²) in [7, 11) is 1.61. The Morgan fingerprint density at radius 1 is 1.20 bits per heavy atom. The van der Waals surface area contributed by atoms with Crippen LogP contribution in [0, 0.1) is 6.92 Å². The number of ether oxygens (including phenoxy) is 1. The minimum atomic E-state index is 0.588. The minimum Gasteiger partial charge on any atom is -0.481 e. The molecular weight excluding hydrogens is 252 g/mol. The molecule has 0 spiro atoms. The summed E-state index contributed by atoms with van der Waals surface area (Å²) in [4.78, 5) is 4.41. The highest BCUT2D eigenvalue weighted by Crippen LogP contribution is 2.24. The fourth-order valence-electron chi connectivity index (χ4n) is 2.39. The molecule has 0 fully saturated rings. The van der Waals surface area contributed by atoms with Crippen LogP contribution < -0.4 is 10.5 Å². The molecule has 0 saturated heterocycles. The molecule has 102 valence electrons. The molecule has 0 saturated carbocycles. The second-order valence-electron chi connectivity index (χ2n) is 4.66. The molecule has 0 atom stereocenters. The van der Waals surface area contributed by atoms with Crippen LogP contribution in [-0.4, -0.2) is 21.9 Å². The van der Waals surface area contributed by atoms with Crippen molar-refractivity contribution in [3.63, 3.8) is 0 Å². The average Bonchev–Trinajstić information content (AvgIpc) is 2.77. The predicted molar refractivity (Wildman–Crippen MR) is 78.8 cm³/mol. The molecule has 20 heavy (non-hydrogen) atoms. The number of hydrogen-bond donors (Lipinski definition) is 1. The van der Waals surface area contributed by atoms with E-state index in [9.17, 15) is 0 Å². The summed E-state index contributed by atoms with van der Waals surface area (Å²) in [6.07, 6.45) is 0. The van der Waals surface area contributed by atoms with Crippen molar-refractivity contribution in [1.82, 2.24) is 14.8 Å². The quantitative estimate of drug-likeness (QED) is 0.741. The van der Waals surface area contributed by atoms with Gasteiger partial charge in [0.2, 0.25) is 5.88 Å². The third-order valence-electron chi connectivity index (χ3n) is 3.29. The number of aryl methyl sites for hydroxylation is 1. The largest absolute Gasteiger partial charge is 0.481 e. The van der Waals surface area contributed by atoms with E-state index >= 15 is 0 Å². The molecule has 2 aromatic heterocycles. The summed E-state index contributed by atoms with van der Waals surface area (Å²) in [5.74, 6) is 0.607. The second-order valence-corrected chi connectivity index (χ2v) is 4.66. The summed E-state index contributed by atoms with van der Waals surface area (Å²) < 4.78 is 7.06. The van der Waals surface area contributed by atoms with E-state index in [0.29, 0.717) is 12.4 Å². The summed E-state index contributed by atoms with van der Waals surface area (Å²) in [6.45, 7) is 2.55. The third-order valence-corrected chi connectivity index (χ3v) is 3.29. The van der Waals surface area contributed by atoms with Gasteiger partial charge in [-0.3, -0.25) is 4.68 Å². The van der Waals surface area contributed by atoms with Crippen LogP contribution in [0.1, 0.15) is 11.4 Å². The van der Waals surface area contributed by atoms with Crippen LogP contribution in [0.25, 0.3) is 10.9 Å². The van der Waals surface area contributed by atoms with Crippen molar-refractivity contribution in [2.45, 2.75) is 13.5 Å². The number of fused-ring (bicyclic) bond motifs is 1. The Bertz CT molecular complexity index is 764. The summed E-state index contributed by atoms with van der Waals surface area (Å²) in [5.41, 5.74) is 9.63. The maximum atomic E-state index is 6.02. The van der Waals surface area contributed by atoms with E-state index in [1.54, 1.807) is 7.11 Å². The van der Waals surface area contributed by atoms with Gasteiger partial charge < -0.3 is 10.5 Å². The predicted octanol–water partition coefficient (Wildman–Crippen LogP) is 2.38. The van der Waals surface area contributed by atoms with Gasteiger partial charge in [-0.1, -0.05) is 12.1 Å². The van der Waals surface area contributed by atoms with Crippen molar-refractivity contribution in [2.24, 2.45) is 0 Å². The lowest BCUT2D eigenvalue weighted by Crippen LogP contribution is -2.04. The van der Waals surface area contributed by atoms with E-state index in [1.807, 2.05) is 48.0 Å². The van der Waals surface area contributed by atoms with E-state index in [1.165, 1.54) is 0 Å². The fraction of sp³-hybridized carbons (Fsp3) is 0.200. The van der Waals surface area contributed by atoms with Crippen molar-refractivity contribution < 1.29 is 4.74 Å². The van der Waals surface area contributed by atoms with Gasteiger partial charge in [0.15, 0.2) is 0 Å². The van der Waals surface area contributed by atoms with Crippen LogP contribution in [0.15, 0.2) is 36.4 Å². The zero-order chi connectivity index (χ0) is 14.1. The molecule has 0 aliphatic rings. The number of aromatic nitrogens is 3. The number of nitrogens with two attached hydrogens (primary N) is 1. The number of hydrogen-bond acceptors (Lipinski definition) is 4. The number of benzene rings is 1. The highest BCUT2D eigenvalue weighted by atomic mass is 16.5. The normalized spacial score (nSPS) is 10.9. The van der Waals surface area contributed by atoms with Gasteiger partial charge in [-0.05, 0) is 25.1 Å². The monoisotopic (exact) mass is 268 g/mol. The molecule has 0 bridgehead atoms. The van der Waals surface area contributed by atoms with E-state index in [2.05, 4.69) is 10.1 Å². The van der Waals surface area contributed by atoms with Crippen molar-refractivity contribution in [3.05, 3.63) is 47.8 Å². The van der Waals surface area contributed by atoms with Crippen LogP contribution in [0.2, 0.25) is 0 Å². The number of methoxy groups -OCH3 is 1. The molecule has 5 heteroatoms. The number of rotatable bonds is 3. The maximum absolute atomic E-state index is 6.02. The molecular formula is C15H16N4O. The Balaban J connectivity index is 2.05. The number of pyridine rings is 1. The highest BCUT2D eigenvalue weighted by molar-refractivity contribution is 5.92. The topological polar surface area (TPSA) is 66.0 Å². The molecule has 5 nitrogen and oxygen atoms in total. The Hall–Kier alpha value is -2.56. The van der Waals surface area contributed by atoms with Gasteiger partial charge >= 0.3 is 0 Å². The lowest BCUT2D eigenvalue weighted by atomic mass is 10.2. The minimum absolute atomic E-state index is 0.588. The van der Waals surface area contributed by atoms with Gasteiger partial charge in [-0.15, -0.1) is 0 Å². The van der Waals surface area contributed by atoms with Crippen LogP contribution >= 0.6 is 0 Å². The van der Waals surface area contributed by atoms with Crippen molar-refractivity contribution in [2.75, 3.05) is 12.8 Å². The molecule has 0 amide bonds. The first-order valence-corrected chi connectivity index (χ1v) is 6.40. The van der Waals surface area contributed by atoms with Crippen molar-refractivity contribution >= 4 is 16.6 Å². The zero-order valence-corrected chi connectivity index (χ0v) is 11.5. The van der Waals surface area contributed by atoms with Crippen molar-refractivity contribution in [1.29, 1.82) is 0 Å². The zero-order valence-electron chi connectivity index (χ0n) is 11.5. The lowest BCUT2D eigenvalue weighted by molar-refractivity contribution is 0.395.